The van der Waals surface area contributed by atoms with Crippen molar-refractivity contribution in [1.29, 1.82) is 0 Å². The average molecular weight is 677 g/mol. The summed E-state index contributed by atoms with van der Waals surface area (Å²) in [6.45, 7) is 10.9. The highest BCUT2D eigenvalue weighted by atomic mass is 19.4. The monoisotopic (exact) mass is 676 g/mol. The molecule has 2 amide bonds. The number of ether oxygens (including phenoxy) is 3. The van der Waals surface area contributed by atoms with E-state index in [4.69, 9.17) is 14.5 Å². The van der Waals surface area contributed by atoms with Gasteiger partial charge in [-0.2, -0.15) is 0 Å². The number of carbonyl (C=O) groups is 3. The van der Waals surface area contributed by atoms with Crippen molar-refractivity contribution in [3.63, 3.8) is 0 Å². The number of Topliss-reactive ketones (excluding diaryl/α,β-unsaturated/α-hetero) is 1. The molecule has 1 saturated heterocycles. The highest BCUT2D eigenvalue weighted by Gasteiger charge is 2.51. The van der Waals surface area contributed by atoms with E-state index in [1.807, 2.05) is 34.6 Å². The Labute approximate surface area is 279 Å². The summed E-state index contributed by atoms with van der Waals surface area (Å²) < 4.78 is 55.7. The molecule has 3 aliphatic rings. The minimum absolute atomic E-state index is 0.0427. The van der Waals surface area contributed by atoms with Gasteiger partial charge in [-0.05, 0) is 82.3 Å². The number of amides is 2. The number of halogens is 3. The molecule has 48 heavy (non-hydrogen) atoms. The summed E-state index contributed by atoms with van der Waals surface area (Å²) in [4.78, 5) is 51.9. The number of carbonyl (C=O) groups excluding carboxylic acids is 3. The lowest BCUT2D eigenvalue weighted by atomic mass is 9.85. The second kappa shape index (κ2) is 13.7. The SMILES string of the molecule is CC[C@@H]1[C@@H]2CN(C(=O)[C@H](C(C)(C)C)NC(=O)O[C@]3(C)CCC[C@H]3CCCCCc3nc4ccc(OC(F)(F)F)cc4nc3O2)[C@@H]1C(C)=O. The Morgan fingerprint density at radius 2 is 1.81 bits per heavy atom. The Balaban J connectivity index is 1.56. The maximum absolute atomic E-state index is 14.4. The molecule has 0 spiro atoms. The third kappa shape index (κ3) is 7.80. The number of ketones is 1. The summed E-state index contributed by atoms with van der Waals surface area (Å²) in [7, 11) is 0. The van der Waals surface area contributed by atoms with E-state index >= 15 is 0 Å². The first-order chi connectivity index (χ1) is 22.5. The van der Waals surface area contributed by atoms with E-state index in [2.05, 4.69) is 15.0 Å². The minimum Gasteiger partial charge on any atom is -0.471 e. The number of nitrogens with zero attached hydrogens (tertiary/aromatic N) is 3. The number of aromatic nitrogens is 2. The summed E-state index contributed by atoms with van der Waals surface area (Å²) in [5, 5.41) is 2.86. The number of alkyl carbamates (subject to hydrolysis) is 1. The van der Waals surface area contributed by atoms with Gasteiger partial charge >= 0.3 is 12.5 Å². The molecule has 1 aromatic carbocycles. The Kier molecular flexibility index (Phi) is 10.2. The molecular weight excluding hydrogens is 629 g/mol. The van der Waals surface area contributed by atoms with Crippen LogP contribution in [0.1, 0.15) is 98.6 Å². The Morgan fingerprint density at radius 1 is 1.08 bits per heavy atom. The molecule has 1 aromatic heterocycles. The molecule has 2 aliphatic heterocycles. The van der Waals surface area contributed by atoms with Crippen LogP contribution < -0.4 is 14.8 Å². The normalized spacial score (nSPS) is 29.2. The van der Waals surface area contributed by atoms with Crippen LogP contribution in [0.2, 0.25) is 0 Å². The van der Waals surface area contributed by atoms with Crippen LogP contribution in [0.4, 0.5) is 18.0 Å². The van der Waals surface area contributed by atoms with Gasteiger partial charge in [-0.1, -0.05) is 40.5 Å². The number of benzene rings is 1. The molecule has 1 N–H and O–H groups in total. The lowest BCUT2D eigenvalue weighted by molar-refractivity contribution is -0.274. The van der Waals surface area contributed by atoms with Gasteiger partial charge in [-0.3, -0.25) is 9.59 Å². The van der Waals surface area contributed by atoms with Gasteiger partial charge in [0, 0.05) is 12.0 Å². The second-order valence-corrected chi connectivity index (χ2v) is 14.8. The highest BCUT2D eigenvalue weighted by Crippen LogP contribution is 2.42. The molecule has 13 heteroatoms. The zero-order chi connectivity index (χ0) is 35.0. The molecular formula is C35H47F3N4O6. The van der Waals surface area contributed by atoms with Crippen LogP contribution in [0.15, 0.2) is 18.2 Å². The zero-order valence-electron chi connectivity index (χ0n) is 28.6. The molecule has 3 heterocycles. The van der Waals surface area contributed by atoms with Crippen LogP contribution in [0, 0.1) is 17.3 Å². The first kappa shape index (κ1) is 35.7. The Bertz CT molecular complexity index is 1530. The molecule has 1 saturated carbocycles. The fourth-order valence-corrected chi connectivity index (χ4v) is 7.71. The molecule has 2 fully saturated rings. The lowest BCUT2D eigenvalue weighted by Crippen LogP contribution is -2.58. The smallest absolute Gasteiger partial charge is 0.471 e. The first-order valence-corrected chi connectivity index (χ1v) is 17.0. The van der Waals surface area contributed by atoms with Crippen molar-refractivity contribution in [1.82, 2.24) is 20.2 Å². The van der Waals surface area contributed by atoms with Gasteiger partial charge in [0.2, 0.25) is 11.8 Å². The zero-order valence-corrected chi connectivity index (χ0v) is 28.6. The van der Waals surface area contributed by atoms with Crippen LogP contribution >= 0.6 is 0 Å². The third-order valence-electron chi connectivity index (χ3n) is 10.2. The van der Waals surface area contributed by atoms with Crippen molar-refractivity contribution in [2.24, 2.45) is 17.3 Å². The van der Waals surface area contributed by atoms with Crippen LogP contribution in [0.3, 0.4) is 0 Å². The Morgan fingerprint density at radius 3 is 2.48 bits per heavy atom. The first-order valence-electron chi connectivity index (χ1n) is 17.0. The van der Waals surface area contributed by atoms with Gasteiger partial charge in [0.25, 0.3) is 0 Å². The van der Waals surface area contributed by atoms with Crippen LogP contribution in [-0.2, 0) is 20.7 Å². The van der Waals surface area contributed by atoms with Crippen LogP contribution in [-0.4, -0.2) is 69.3 Å². The van der Waals surface area contributed by atoms with E-state index in [9.17, 15) is 27.6 Å². The second-order valence-electron chi connectivity index (χ2n) is 14.8. The van der Waals surface area contributed by atoms with Crippen molar-refractivity contribution in [3.8, 4) is 11.6 Å². The quantitative estimate of drug-likeness (QED) is 0.372. The minimum atomic E-state index is -4.87. The van der Waals surface area contributed by atoms with E-state index in [0.717, 1.165) is 44.9 Å². The summed E-state index contributed by atoms with van der Waals surface area (Å²) in [5.74, 6) is -1.15. The molecule has 264 valence electrons. The van der Waals surface area contributed by atoms with Crippen molar-refractivity contribution in [3.05, 3.63) is 23.9 Å². The fraction of sp³-hybridized carbons (Fsp3) is 0.686. The molecule has 10 nitrogen and oxygen atoms in total. The molecule has 0 radical (unpaired) electrons. The molecule has 2 bridgehead atoms. The van der Waals surface area contributed by atoms with Gasteiger partial charge in [0.1, 0.15) is 29.2 Å². The standard InChI is InChI=1S/C35H47F3N4O6/c1-7-23-27-19-42(28(23)20(2)43)31(44)29(33(3,4)5)41-32(45)48-34(6)17-11-13-21(34)12-9-8-10-14-25-30(46-27)40-26-18-22(47-35(36,37)38)15-16-24(26)39-25/h15-16,18,21,23,27-29H,7-14,17,19H2,1-6H3,(H,41,45)/t21-,23-,27+,28-,29-,34-/m1/s1. The van der Waals surface area contributed by atoms with Crippen molar-refractivity contribution >= 4 is 28.8 Å². The maximum atomic E-state index is 14.4. The fourth-order valence-electron chi connectivity index (χ4n) is 7.71. The van der Waals surface area contributed by atoms with E-state index in [-0.39, 0.29) is 29.6 Å². The van der Waals surface area contributed by atoms with Gasteiger partial charge in [0.05, 0.1) is 23.6 Å². The van der Waals surface area contributed by atoms with Gasteiger partial charge in [-0.15, -0.1) is 13.2 Å². The highest BCUT2D eigenvalue weighted by molar-refractivity contribution is 5.92. The largest absolute Gasteiger partial charge is 0.573 e. The van der Waals surface area contributed by atoms with E-state index < -0.39 is 59.2 Å². The van der Waals surface area contributed by atoms with Crippen LogP contribution in [0.5, 0.6) is 11.6 Å². The number of hydrogen-bond donors (Lipinski definition) is 1. The number of nitrogens with one attached hydrogen (secondary N) is 1. The lowest BCUT2D eigenvalue weighted by Gasteiger charge is -2.37. The number of alkyl halides is 3. The molecule has 1 aliphatic carbocycles. The van der Waals surface area contributed by atoms with E-state index in [0.29, 0.717) is 24.1 Å². The summed E-state index contributed by atoms with van der Waals surface area (Å²) in [6.07, 6.45) is 0.824. The van der Waals surface area contributed by atoms with Gasteiger partial charge < -0.3 is 24.4 Å². The molecule has 2 aromatic rings. The molecule has 6 atom stereocenters. The molecule has 0 unspecified atom stereocenters. The number of rotatable bonds is 3. The summed E-state index contributed by atoms with van der Waals surface area (Å²) in [5.41, 5.74) is -0.262. The Hall–Kier alpha value is -3.64. The summed E-state index contributed by atoms with van der Waals surface area (Å²) >= 11 is 0. The van der Waals surface area contributed by atoms with Gasteiger partial charge in [-0.25, -0.2) is 14.8 Å². The topological polar surface area (TPSA) is 120 Å². The number of aryl methyl sites for hydroxylation is 1. The average Bonchev–Trinajstić information content (AvgIpc) is 3.53. The summed E-state index contributed by atoms with van der Waals surface area (Å²) in [6, 6.07) is 2.00. The van der Waals surface area contributed by atoms with Crippen molar-refractivity contribution in [2.75, 3.05) is 6.54 Å². The van der Waals surface area contributed by atoms with Crippen molar-refractivity contribution in [2.45, 2.75) is 129 Å². The number of hydrogen-bond acceptors (Lipinski definition) is 8. The number of fused-ring (bicyclic) bond motifs is 5. The maximum Gasteiger partial charge on any atom is 0.573 e. The van der Waals surface area contributed by atoms with E-state index in [1.54, 1.807) is 0 Å². The van der Waals surface area contributed by atoms with Gasteiger partial charge in [0.15, 0.2) is 5.78 Å². The van der Waals surface area contributed by atoms with Crippen LogP contribution in [0.25, 0.3) is 11.0 Å². The predicted octanol–water partition coefficient (Wildman–Crippen LogP) is 6.92. The third-order valence-corrected chi connectivity index (χ3v) is 10.2. The molecule has 5 rings (SSSR count). The van der Waals surface area contributed by atoms with E-state index in [1.165, 1.54) is 30.0 Å². The predicted molar refractivity (Wildman–Crippen MR) is 171 cm³/mol. The van der Waals surface area contributed by atoms with Crippen molar-refractivity contribution < 1.29 is 41.8 Å².